The molecule has 2 heteroatoms. The molecule has 0 aromatic heterocycles. The van der Waals surface area contributed by atoms with Crippen LogP contribution in [0, 0.1) is 17.3 Å². The zero-order valence-corrected chi connectivity index (χ0v) is 13.0. The summed E-state index contributed by atoms with van der Waals surface area (Å²) in [5.74, 6) is 1.39. The van der Waals surface area contributed by atoms with Gasteiger partial charge in [-0.25, -0.2) is 0 Å². The lowest BCUT2D eigenvalue weighted by Crippen LogP contribution is -2.49. The van der Waals surface area contributed by atoms with Crippen molar-refractivity contribution in [3.8, 4) is 0 Å². The molecule has 0 bridgehead atoms. The third kappa shape index (κ3) is 4.89. The van der Waals surface area contributed by atoms with Gasteiger partial charge in [0.1, 0.15) is 0 Å². The van der Waals surface area contributed by atoms with Gasteiger partial charge in [-0.05, 0) is 36.5 Å². The van der Waals surface area contributed by atoms with E-state index in [4.69, 9.17) is 0 Å². The fourth-order valence-corrected chi connectivity index (χ4v) is 3.43. The van der Waals surface area contributed by atoms with E-state index in [0.29, 0.717) is 17.4 Å². The first-order valence-electron chi connectivity index (χ1n) is 7.71. The zero-order chi connectivity index (χ0) is 13.8. The van der Waals surface area contributed by atoms with Crippen molar-refractivity contribution in [2.24, 2.45) is 17.3 Å². The van der Waals surface area contributed by atoms with Crippen LogP contribution in [0.5, 0.6) is 0 Å². The number of rotatable bonds is 5. The molecular weight excluding hydrogens is 222 g/mol. The number of nitrogens with one attached hydrogen (secondary N) is 1. The maximum atomic E-state index is 9.53. The van der Waals surface area contributed by atoms with Crippen LogP contribution in [0.4, 0.5) is 0 Å². The van der Waals surface area contributed by atoms with Crippen LogP contribution in [0.1, 0.15) is 66.7 Å². The van der Waals surface area contributed by atoms with Crippen LogP contribution in [0.25, 0.3) is 0 Å². The molecule has 0 spiro atoms. The molecule has 0 heterocycles. The Balaban J connectivity index is 2.60. The molecule has 1 saturated carbocycles. The molecule has 1 rings (SSSR count). The summed E-state index contributed by atoms with van der Waals surface area (Å²) in [6.45, 7) is 11.8. The van der Waals surface area contributed by atoms with Gasteiger partial charge in [-0.3, -0.25) is 0 Å². The number of hydrogen-bond donors (Lipinski definition) is 2. The fraction of sp³-hybridized carbons (Fsp3) is 1.00. The Bertz CT molecular complexity index is 232. The second-order valence-electron chi connectivity index (χ2n) is 7.54. The summed E-state index contributed by atoms with van der Waals surface area (Å²) in [5, 5.41) is 13.3. The summed E-state index contributed by atoms with van der Waals surface area (Å²) in [6, 6.07) is 0.868. The van der Waals surface area contributed by atoms with E-state index in [1.54, 1.807) is 0 Å². The SMILES string of the molecule is CC(C)CC(CO)NC1CCCCC1C(C)(C)C. The highest BCUT2D eigenvalue weighted by molar-refractivity contribution is 4.90. The van der Waals surface area contributed by atoms with Gasteiger partial charge in [-0.2, -0.15) is 0 Å². The first kappa shape index (κ1) is 16.0. The van der Waals surface area contributed by atoms with Gasteiger partial charge in [0, 0.05) is 12.1 Å². The molecule has 2 nitrogen and oxygen atoms in total. The molecule has 108 valence electrons. The van der Waals surface area contributed by atoms with E-state index in [1.807, 2.05) is 0 Å². The maximum absolute atomic E-state index is 9.53. The minimum Gasteiger partial charge on any atom is -0.395 e. The van der Waals surface area contributed by atoms with Gasteiger partial charge < -0.3 is 10.4 Å². The Labute approximate surface area is 114 Å². The van der Waals surface area contributed by atoms with E-state index >= 15 is 0 Å². The van der Waals surface area contributed by atoms with Crippen LogP contribution in [0.15, 0.2) is 0 Å². The minimum absolute atomic E-state index is 0.269. The average molecular weight is 255 g/mol. The van der Waals surface area contributed by atoms with E-state index in [1.165, 1.54) is 25.7 Å². The second-order valence-corrected chi connectivity index (χ2v) is 7.54. The van der Waals surface area contributed by atoms with Gasteiger partial charge in [-0.15, -0.1) is 0 Å². The van der Waals surface area contributed by atoms with Crippen molar-refractivity contribution < 1.29 is 5.11 Å². The average Bonchev–Trinajstić information content (AvgIpc) is 2.26. The highest BCUT2D eigenvalue weighted by Crippen LogP contribution is 2.38. The zero-order valence-electron chi connectivity index (χ0n) is 13.0. The highest BCUT2D eigenvalue weighted by atomic mass is 16.3. The fourth-order valence-electron chi connectivity index (χ4n) is 3.43. The van der Waals surface area contributed by atoms with Gasteiger partial charge in [0.25, 0.3) is 0 Å². The van der Waals surface area contributed by atoms with E-state index < -0.39 is 0 Å². The standard InChI is InChI=1S/C16H33NO/c1-12(2)10-13(11-18)17-15-9-7-6-8-14(15)16(3,4)5/h12-15,17-18H,6-11H2,1-5H3. The molecule has 0 radical (unpaired) electrons. The molecule has 0 saturated heterocycles. The predicted molar refractivity (Wildman–Crippen MR) is 78.7 cm³/mol. The Morgan fingerprint density at radius 1 is 1.17 bits per heavy atom. The minimum atomic E-state index is 0.269. The lowest BCUT2D eigenvalue weighted by Gasteiger charge is -2.42. The summed E-state index contributed by atoms with van der Waals surface area (Å²) in [5.41, 5.74) is 0.371. The van der Waals surface area contributed by atoms with Crippen LogP contribution in [0.2, 0.25) is 0 Å². The Kier molecular flexibility index (Phi) is 6.13. The monoisotopic (exact) mass is 255 g/mol. The summed E-state index contributed by atoms with van der Waals surface area (Å²) in [7, 11) is 0. The van der Waals surface area contributed by atoms with Gasteiger partial charge in [0.2, 0.25) is 0 Å². The summed E-state index contributed by atoms with van der Waals surface area (Å²) >= 11 is 0. The van der Waals surface area contributed by atoms with E-state index in [0.717, 1.165) is 12.3 Å². The quantitative estimate of drug-likeness (QED) is 0.787. The molecule has 1 aliphatic carbocycles. The normalized spacial score (nSPS) is 27.5. The van der Waals surface area contributed by atoms with Gasteiger partial charge in [0.05, 0.1) is 6.61 Å². The lowest BCUT2D eigenvalue weighted by molar-refractivity contribution is 0.107. The second kappa shape index (κ2) is 6.91. The summed E-state index contributed by atoms with van der Waals surface area (Å²) < 4.78 is 0. The molecule has 2 N–H and O–H groups in total. The molecule has 3 unspecified atom stereocenters. The van der Waals surface area contributed by atoms with Gasteiger partial charge in [-0.1, -0.05) is 47.5 Å². The van der Waals surface area contributed by atoms with Crippen LogP contribution in [-0.4, -0.2) is 23.8 Å². The van der Waals surface area contributed by atoms with Crippen LogP contribution in [0.3, 0.4) is 0 Å². The number of hydrogen-bond acceptors (Lipinski definition) is 2. The Hall–Kier alpha value is -0.0800. The van der Waals surface area contributed by atoms with Gasteiger partial charge in [0.15, 0.2) is 0 Å². The third-order valence-corrected chi connectivity index (χ3v) is 4.30. The molecule has 1 fully saturated rings. The van der Waals surface area contributed by atoms with E-state index in [2.05, 4.69) is 39.9 Å². The smallest absolute Gasteiger partial charge is 0.0584 e. The van der Waals surface area contributed by atoms with Crippen LogP contribution >= 0.6 is 0 Å². The molecular formula is C16H33NO. The van der Waals surface area contributed by atoms with Gasteiger partial charge >= 0.3 is 0 Å². The first-order chi connectivity index (χ1) is 8.34. The predicted octanol–water partition coefficient (Wildman–Crippen LogP) is 3.59. The maximum Gasteiger partial charge on any atom is 0.0584 e. The molecule has 18 heavy (non-hydrogen) atoms. The van der Waals surface area contributed by atoms with Crippen LogP contribution in [-0.2, 0) is 0 Å². The van der Waals surface area contributed by atoms with E-state index in [-0.39, 0.29) is 12.6 Å². The van der Waals surface area contributed by atoms with Crippen molar-refractivity contribution in [3.63, 3.8) is 0 Å². The largest absolute Gasteiger partial charge is 0.395 e. The topological polar surface area (TPSA) is 32.3 Å². The highest BCUT2D eigenvalue weighted by Gasteiger charge is 2.34. The Morgan fingerprint density at radius 3 is 2.28 bits per heavy atom. The molecule has 0 aromatic carbocycles. The van der Waals surface area contributed by atoms with Crippen LogP contribution < -0.4 is 5.32 Å². The van der Waals surface area contributed by atoms with Crippen molar-refractivity contribution in [1.82, 2.24) is 5.32 Å². The number of aliphatic hydroxyl groups is 1. The molecule has 3 atom stereocenters. The molecule has 1 aliphatic rings. The van der Waals surface area contributed by atoms with E-state index in [9.17, 15) is 5.11 Å². The first-order valence-corrected chi connectivity index (χ1v) is 7.71. The summed E-state index contributed by atoms with van der Waals surface area (Å²) in [6.07, 6.45) is 6.39. The molecule has 0 aromatic rings. The molecule has 0 aliphatic heterocycles. The molecule has 0 amide bonds. The van der Waals surface area contributed by atoms with Crippen molar-refractivity contribution >= 4 is 0 Å². The van der Waals surface area contributed by atoms with Crippen molar-refractivity contribution in [3.05, 3.63) is 0 Å². The van der Waals surface area contributed by atoms with Crippen molar-refractivity contribution in [1.29, 1.82) is 0 Å². The summed E-state index contributed by atoms with van der Waals surface area (Å²) in [4.78, 5) is 0. The lowest BCUT2D eigenvalue weighted by atomic mass is 9.69. The third-order valence-electron chi connectivity index (χ3n) is 4.30. The Morgan fingerprint density at radius 2 is 1.78 bits per heavy atom. The van der Waals surface area contributed by atoms with Crippen molar-refractivity contribution in [2.45, 2.75) is 78.8 Å². The number of aliphatic hydroxyl groups excluding tert-OH is 1. The van der Waals surface area contributed by atoms with Crippen molar-refractivity contribution in [2.75, 3.05) is 6.61 Å².